The monoisotopic (exact) mass is 281 g/mol. The van der Waals surface area contributed by atoms with Gasteiger partial charge >= 0.3 is 5.97 Å². The number of hydrogen-bond acceptors (Lipinski definition) is 3. The zero-order chi connectivity index (χ0) is 14.1. The third-order valence-electron chi connectivity index (χ3n) is 2.44. The van der Waals surface area contributed by atoms with Gasteiger partial charge in [0.1, 0.15) is 0 Å². The molecule has 0 bridgehead atoms. The molecule has 1 rings (SSSR count). The van der Waals surface area contributed by atoms with E-state index in [1.165, 1.54) is 0 Å². The molecule has 0 fully saturated rings. The largest absolute Gasteiger partial charge is 0.481 e. The number of carboxylic acids is 1. The Bertz CT molecular complexity index is 434. The molecular formula is C14H19NO3S. The second-order valence-corrected chi connectivity index (χ2v) is 5.33. The second kappa shape index (κ2) is 8.58. The van der Waals surface area contributed by atoms with Crippen LogP contribution in [0.3, 0.4) is 0 Å². The molecule has 0 aliphatic heterocycles. The van der Waals surface area contributed by atoms with Crippen LogP contribution in [0.2, 0.25) is 0 Å². The van der Waals surface area contributed by atoms with Gasteiger partial charge in [-0.25, -0.2) is 0 Å². The van der Waals surface area contributed by atoms with Crippen molar-refractivity contribution < 1.29 is 14.7 Å². The van der Waals surface area contributed by atoms with Gasteiger partial charge in [-0.3, -0.25) is 9.59 Å². The van der Waals surface area contributed by atoms with Gasteiger partial charge in [-0.1, -0.05) is 25.5 Å². The maximum atomic E-state index is 11.7. The zero-order valence-electron chi connectivity index (χ0n) is 11.0. The normalized spacial score (nSPS) is 10.2. The molecule has 19 heavy (non-hydrogen) atoms. The summed E-state index contributed by atoms with van der Waals surface area (Å²) in [6.45, 7) is 2.12. The van der Waals surface area contributed by atoms with Crippen LogP contribution in [-0.4, -0.2) is 28.5 Å². The van der Waals surface area contributed by atoms with E-state index in [0.29, 0.717) is 17.0 Å². The van der Waals surface area contributed by atoms with E-state index in [1.54, 1.807) is 36.0 Å². The molecule has 0 heterocycles. The Hall–Kier alpha value is -1.49. The molecule has 0 spiro atoms. The Kier molecular flexibility index (Phi) is 7.03. The number of aliphatic carboxylic acids is 1. The lowest BCUT2D eigenvalue weighted by Gasteiger charge is -2.06. The number of anilines is 1. The van der Waals surface area contributed by atoms with E-state index in [2.05, 4.69) is 12.2 Å². The highest BCUT2D eigenvalue weighted by Crippen LogP contribution is 2.12. The lowest BCUT2D eigenvalue weighted by molar-refractivity contribution is -0.136. The number of nitrogens with one attached hydrogen (secondary N) is 1. The lowest BCUT2D eigenvalue weighted by atomic mass is 10.1. The molecule has 1 amide bonds. The summed E-state index contributed by atoms with van der Waals surface area (Å²) in [5, 5.41) is 11.5. The van der Waals surface area contributed by atoms with Crippen LogP contribution in [0.25, 0.3) is 0 Å². The van der Waals surface area contributed by atoms with Gasteiger partial charge in [0.15, 0.2) is 0 Å². The van der Waals surface area contributed by atoms with Crippen molar-refractivity contribution in [2.24, 2.45) is 0 Å². The summed E-state index contributed by atoms with van der Waals surface area (Å²) in [6.07, 6.45) is 2.22. The molecule has 1 aromatic carbocycles. The first-order chi connectivity index (χ1) is 9.11. The molecule has 0 aliphatic carbocycles. The number of thioether (sulfide) groups is 1. The summed E-state index contributed by atoms with van der Waals surface area (Å²) < 4.78 is 0. The predicted octanol–water partition coefficient (Wildman–Crippen LogP) is 2.79. The number of carbonyl (C=O) groups excluding carboxylic acids is 1. The standard InChI is InChI=1S/C14H19NO3S/c1-2-3-7-19-10-13(16)15-12-6-4-5-11(8-12)9-14(17)18/h4-6,8H,2-3,7,9-10H2,1H3,(H,15,16)(H,17,18). The van der Waals surface area contributed by atoms with Gasteiger partial charge in [-0.15, -0.1) is 0 Å². The number of carbonyl (C=O) groups is 2. The lowest BCUT2D eigenvalue weighted by Crippen LogP contribution is -2.14. The van der Waals surface area contributed by atoms with Crippen molar-refractivity contribution in [1.82, 2.24) is 0 Å². The maximum absolute atomic E-state index is 11.7. The number of unbranched alkanes of at least 4 members (excludes halogenated alkanes) is 1. The topological polar surface area (TPSA) is 66.4 Å². The van der Waals surface area contributed by atoms with E-state index in [9.17, 15) is 9.59 Å². The minimum atomic E-state index is -0.876. The van der Waals surface area contributed by atoms with Gasteiger partial charge in [0, 0.05) is 5.69 Å². The fourth-order valence-electron chi connectivity index (χ4n) is 1.54. The van der Waals surface area contributed by atoms with Gasteiger partial charge in [-0.05, 0) is 29.9 Å². The quantitative estimate of drug-likeness (QED) is 0.719. The summed E-state index contributed by atoms with van der Waals surface area (Å²) in [4.78, 5) is 22.3. The first-order valence-electron chi connectivity index (χ1n) is 6.30. The fraction of sp³-hybridized carbons (Fsp3) is 0.429. The molecule has 5 heteroatoms. The van der Waals surface area contributed by atoms with E-state index in [-0.39, 0.29) is 12.3 Å². The van der Waals surface area contributed by atoms with Crippen LogP contribution in [0.1, 0.15) is 25.3 Å². The van der Waals surface area contributed by atoms with Crippen molar-refractivity contribution in [1.29, 1.82) is 0 Å². The molecule has 0 saturated heterocycles. The zero-order valence-corrected chi connectivity index (χ0v) is 11.8. The van der Waals surface area contributed by atoms with E-state index in [1.807, 2.05) is 0 Å². The van der Waals surface area contributed by atoms with E-state index in [4.69, 9.17) is 5.11 Å². The second-order valence-electron chi connectivity index (χ2n) is 4.23. The summed E-state index contributed by atoms with van der Waals surface area (Å²) in [6, 6.07) is 6.95. The molecule has 0 saturated carbocycles. The van der Waals surface area contributed by atoms with Crippen LogP contribution in [0.5, 0.6) is 0 Å². The van der Waals surface area contributed by atoms with E-state index < -0.39 is 5.97 Å². The van der Waals surface area contributed by atoms with Gasteiger partial charge < -0.3 is 10.4 Å². The third-order valence-corrected chi connectivity index (χ3v) is 3.49. The number of hydrogen-bond donors (Lipinski definition) is 2. The summed E-state index contributed by atoms with van der Waals surface area (Å²) >= 11 is 1.61. The molecule has 0 unspecified atom stereocenters. The van der Waals surface area contributed by atoms with E-state index >= 15 is 0 Å². The SMILES string of the molecule is CCCCSCC(=O)Nc1cccc(CC(=O)O)c1. The van der Waals surface area contributed by atoms with Crippen LogP contribution in [0.15, 0.2) is 24.3 Å². The van der Waals surface area contributed by atoms with E-state index in [0.717, 1.165) is 18.6 Å². The predicted molar refractivity (Wildman–Crippen MR) is 78.6 cm³/mol. The highest BCUT2D eigenvalue weighted by Gasteiger charge is 2.05. The molecule has 2 N–H and O–H groups in total. The highest BCUT2D eigenvalue weighted by molar-refractivity contribution is 7.99. The maximum Gasteiger partial charge on any atom is 0.307 e. The van der Waals surface area contributed by atoms with Crippen molar-refractivity contribution >= 4 is 29.3 Å². The molecule has 4 nitrogen and oxygen atoms in total. The van der Waals surface area contributed by atoms with Crippen molar-refractivity contribution in [3.8, 4) is 0 Å². The van der Waals surface area contributed by atoms with Crippen LogP contribution in [0.4, 0.5) is 5.69 Å². The highest BCUT2D eigenvalue weighted by atomic mass is 32.2. The van der Waals surface area contributed by atoms with Crippen molar-refractivity contribution in [3.05, 3.63) is 29.8 Å². The average molecular weight is 281 g/mol. The van der Waals surface area contributed by atoms with Crippen LogP contribution >= 0.6 is 11.8 Å². The molecule has 104 valence electrons. The summed E-state index contributed by atoms with van der Waals surface area (Å²) in [7, 11) is 0. The fourth-order valence-corrected chi connectivity index (χ4v) is 2.44. The molecular weight excluding hydrogens is 262 g/mol. The minimum Gasteiger partial charge on any atom is -0.481 e. The smallest absolute Gasteiger partial charge is 0.307 e. The van der Waals surface area contributed by atoms with Crippen molar-refractivity contribution in [3.63, 3.8) is 0 Å². The first kappa shape index (κ1) is 15.6. The number of carboxylic acid groups (broad SMARTS) is 1. The molecule has 0 aromatic heterocycles. The van der Waals surface area contributed by atoms with Crippen LogP contribution < -0.4 is 5.32 Å². The van der Waals surface area contributed by atoms with Gasteiger partial charge in [0.25, 0.3) is 0 Å². The van der Waals surface area contributed by atoms with Crippen molar-refractivity contribution in [2.75, 3.05) is 16.8 Å². The Morgan fingerprint density at radius 1 is 1.37 bits per heavy atom. The Balaban J connectivity index is 2.43. The molecule has 1 aromatic rings. The van der Waals surface area contributed by atoms with Gasteiger partial charge in [0.05, 0.1) is 12.2 Å². The van der Waals surface area contributed by atoms with Gasteiger partial charge in [0.2, 0.25) is 5.91 Å². The Morgan fingerprint density at radius 2 is 2.16 bits per heavy atom. The Labute approximate surface area is 117 Å². The van der Waals surface area contributed by atoms with Gasteiger partial charge in [-0.2, -0.15) is 11.8 Å². The van der Waals surface area contributed by atoms with Crippen molar-refractivity contribution in [2.45, 2.75) is 26.2 Å². The minimum absolute atomic E-state index is 0.0328. The summed E-state index contributed by atoms with van der Waals surface area (Å²) in [5.74, 6) is 0.499. The number of amides is 1. The first-order valence-corrected chi connectivity index (χ1v) is 7.45. The molecule has 0 radical (unpaired) electrons. The number of rotatable bonds is 8. The average Bonchev–Trinajstić information content (AvgIpc) is 2.34. The molecule has 0 atom stereocenters. The Morgan fingerprint density at radius 3 is 2.84 bits per heavy atom. The van der Waals surface area contributed by atoms with Crippen LogP contribution in [0, 0.1) is 0 Å². The third kappa shape index (κ3) is 6.86. The molecule has 0 aliphatic rings. The summed E-state index contributed by atoms with van der Waals surface area (Å²) in [5.41, 5.74) is 1.34. The number of benzene rings is 1. The van der Waals surface area contributed by atoms with Crippen LogP contribution in [-0.2, 0) is 16.0 Å².